The summed E-state index contributed by atoms with van der Waals surface area (Å²) in [4.78, 5) is 0. The van der Waals surface area contributed by atoms with Gasteiger partial charge >= 0.3 is 0 Å². The molecule has 86 valence electrons. The van der Waals surface area contributed by atoms with Crippen LogP contribution in [-0.4, -0.2) is 35.1 Å². The number of rotatable bonds is 3. The Labute approximate surface area is 96.5 Å². The van der Waals surface area contributed by atoms with Crippen LogP contribution in [0.5, 0.6) is 0 Å². The maximum absolute atomic E-state index is 9.29. The molecule has 2 rings (SSSR count). The Balaban J connectivity index is 2.38. The molecule has 0 aliphatic carbocycles. The topological polar surface area (TPSA) is 81.7 Å². The molecule has 0 aromatic carbocycles. The lowest BCUT2D eigenvalue weighted by atomic mass is 10.3. The van der Waals surface area contributed by atoms with Crippen LogP contribution in [-0.2, 0) is 20.7 Å². The van der Waals surface area contributed by atoms with Gasteiger partial charge in [-0.2, -0.15) is 5.10 Å². The zero-order chi connectivity index (χ0) is 11.7. The van der Waals surface area contributed by atoms with Crippen LogP contribution >= 0.6 is 11.8 Å². The monoisotopic (exact) mass is 240 g/mol. The minimum Gasteiger partial charge on any atom is -0.392 e. The molecule has 0 atom stereocenters. The molecule has 0 radical (unpaired) electrons. The molecule has 0 amide bonds. The summed E-state index contributed by atoms with van der Waals surface area (Å²) >= 11 is 1.39. The van der Waals surface area contributed by atoms with Crippen molar-refractivity contribution in [2.75, 3.05) is 0 Å². The molecular weight excluding hydrogens is 228 g/mol. The van der Waals surface area contributed by atoms with Crippen LogP contribution in [0.25, 0.3) is 0 Å². The Morgan fingerprint density at radius 3 is 2.62 bits per heavy atom. The van der Waals surface area contributed by atoms with E-state index in [1.807, 2.05) is 14.0 Å². The van der Waals surface area contributed by atoms with E-state index in [-0.39, 0.29) is 6.61 Å². The van der Waals surface area contributed by atoms with Gasteiger partial charge in [0.1, 0.15) is 5.03 Å². The molecule has 7 nitrogen and oxygen atoms in total. The molecule has 0 saturated heterocycles. The van der Waals surface area contributed by atoms with E-state index in [1.54, 1.807) is 16.4 Å². The maximum Gasteiger partial charge on any atom is 0.215 e. The van der Waals surface area contributed by atoms with Crippen molar-refractivity contribution >= 4 is 11.8 Å². The highest BCUT2D eigenvalue weighted by Crippen LogP contribution is 2.29. The average molecular weight is 240 g/mol. The lowest BCUT2D eigenvalue weighted by Crippen LogP contribution is -1.97. The number of nitrogens with zero attached hydrogens (tertiary/aromatic N) is 6. The third kappa shape index (κ3) is 1.81. The summed E-state index contributed by atoms with van der Waals surface area (Å²) in [6, 6.07) is 0. The molecule has 2 heterocycles. The smallest absolute Gasteiger partial charge is 0.215 e. The van der Waals surface area contributed by atoms with E-state index < -0.39 is 0 Å². The predicted molar refractivity (Wildman–Crippen MR) is 56.8 cm³/mol. The third-order valence-corrected chi connectivity index (χ3v) is 3.45. The first-order chi connectivity index (χ1) is 7.63. The van der Waals surface area contributed by atoms with Gasteiger partial charge in [-0.3, -0.25) is 4.68 Å². The molecule has 0 unspecified atom stereocenters. The van der Waals surface area contributed by atoms with Gasteiger partial charge in [0.05, 0.1) is 12.3 Å². The van der Waals surface area contributed by atoms with Gasteiger partial charge in [0.15, 0.2) is 0 Å². The van der Waals surface area contributed by atoms with Gasteiger partial charge in [-0.15, -0.1) is 5.10 Å². The van der Waals surface area contributed by atoms with Gasteiger partial charge in [-0.25, -0.2) is 4.68 Å². The van der Waals surface area contributed by atoms with Crippen LogP contribution in [0.4, 0.5) is 0 Å². The van der Waals surface area contributed by atoms with Crippen LogP contribution in [0.2, 0.25) is 0 Å². The Kier molecular flexibility index (Phi) is 2.92. The van der Waals surface area contributed by atoms with Crippen molar-refractivity contribution in [2.45, 2.75) is 23.7 Å². The van der Waals surface area contributed by atoms with Crippen molar-refractivity contribution < 1.29 is 5.11 Å². The molecule has 0 spiro atoms. The van der Waals surface area contributed by atoms with E-state index in [1.165, 1.54) is 11.8 Å². The SMILES string of the molecule is Cc1nn(C)c(Sc2nnnn2C)c1CO. The lowest BCUT2D eigenvalue weighted by molar-refractivity contribution is 0.277. The summed E-state index contributed by atoms with van der Waals surface area (Å²) in [5.74, 6) is 0. The number of aliphatic hydroxyl groups is 1. The van der Waals surface area contributed by atoms with Crippen molar-refractivity contribution in [3.63, 3.8) is 0 Å². The Morgan fingerprint density at radius 2 is 2.06 bits per heavy atom. The number of hydrogen-bond acceptors (Lipinski definition) is 6. The number of tetrazole rings is 1. The van der Waals surface area contributed by atoms with Crippen molar-refractivity contribution in [3.8, 4) is 0 Å². The van der Waals surface area contributed by atoms with Crippen molar-refractivity contribution in [1.29, 1.82) is 0 Å². The van der Waals surface area contributed by atoms with E-state index in [0.29, 0.717) is 5.16 Å². The van der Waals surface area contributed by atoms with Crippen molar-refractivity contribution in [2.24, 2.45) is 14.1 Å². The summed E-state index contributed by atoms with van der Waals surface area (Å²) in [5.41, 5.74) is 1.64. The second kappa shape index (κ2) is 4.22. The van der Waals surface area contributed by atoms with Gasteiger partial charge in [-0.05, 0) is 29.1 Å². The maximum atomic E-state index is 9.29. The van der Waals surface area contributed by atoms with Crippen molar-refractivity contribution in [3.05, 3.63) is 11.3 Å². The Morgan fingerprint density at radius 1 is 1.31 bits per heavy atom. The number of hydrogen-bond donors (Lipinski definition) is 1. The number of aryl methyl sites for hydroxylation is 3. The van der Waals surface area contributed by atoms with Gasteiger partial charge < -0.3 is 5.11 Å². The van der Waals surface area contributed by atoms with E-state index in [2.05, 4.69) is 20.6 Å². The molecule has 2 aromatic heterocycles. The average Bonchev–Trinajstić information content (AvgIpc) is 2.74. The highest BCUT2D eigenvalue weighted by atomic mass is 32.2. The highest BCUT2D eigenvalue weighted by molar-refractivity contribution is 7.99. The van der Waals surface area contributed by atoms with Gasteiger partial charge in [0, 0.05) is 19.7 Å². The highest BCUT2D eigenvalue weighted by Gasteiger charge is 2.16. The zero-order valence-electron chi connectivity index (χ0n) is 9.25. The summed E-state index contributed by atoms with van der Waals surface area (Å²) < 4.78 is 3.30. The summed E-state index contributed by atoms with van der Waals surface area (Å²) in [6.07, 6.45) is 0. The Bertz CT molecular complexity index is 505. The van der Waals surface area contributed by atoms with Crippen LogP contribution < -0.4 is 0 Å². The minimum atomic E-state index is -0.0344. The van der Waals surface area contributed by atoms with Crippen LogP contribution in [0.1, 0.15) is 11.3 Å². The quantitative estimate of drug-likeness (QED) is 0.806. The molecule has 0 bridgehead atoms. The second-order valence-corrected chi connectivity index (χ2v) is 4.29. The first kappa shape index (κ1) is 11.1. The first-order valence-electron chi connectivity index (χ1n) is 4.67. The fraction of sp³-hybridized carbons (Fsp3) is 0.500. The minimum absolute atomic E-state index is 0.0344. The standard InChI is InChI=1S/C8H12N6OS/c1-5-6(4-15)7(13(2)10-5)16-8-9-11-12-14(8)3/h15H,4H2,1-3H3. The van der Waals surface area contributed by atoms with Gasteiger partial charge in [0.25, 0.3) is 0 Å². The normalized spacial score (nSPS) is 11.0. The van der Waals surface area contributed by atoms with E-state index in [9.17, 15) is 5.11 Å². The molecule has 8 heteroatoms. The summed E-state index contributed by atoms with van der Waals surface area (Å²) in [5, 5.41) is 26.2. The fourth-order valence-corrected chi connectivity index (χ4v) is 2.31. The largest absolute Gasteiger partial charge is 0.392 e. The Hall–Kier alpha value is -1.41. The molecule has 2 aromatic rings. The zero-order valence-corrected chi connectivity index (χ0v) is 10.1. The molecule has 0 fully saturated rings. The van der Waals surface area contributed by atoms with Gasteiger partial charge in [-0.1, -0.05) is 0 Å². The first-order valence-corrected chi connectivity index (χ1v) is 5.48. The third-order valence-electron chi connectivity index (χ3n) is 2.22. The molecule has 0 aliphatic rings. The molecule has 1 N–H and O–H groups in total. The predicted octanol–water partition coefficient (Wildman–Crippen LogP) is -0.104. The molecular formula is C8H12N6OS. The lowest BCUT2D eigenvalue weighted by Gasteiger charge is -2.02. The van der Waals surface area contributed by atoms with Gasteiger partial charge in [0.2, 0.25) is 5.16 Å². The number of aliphatic hydroxyl groups excluding tert-OH is 1. The van der Waals surface area contributed by atoms with Crippen LogP contribution in [0.3, 0.4) is 0 Å². The van der Waals surface area contributed by atoms with E-state index in [0.717, 1.165) is 16.3 Å². The van der Waals surface area contributed by atoms with E-state index in [4.69, 9.17) is 0 Å². The molecule has 0 saturated carbocycles. The summed E-state index contributed by atoms with van der Waals surface area (Å²) in [6.45, 7) is 1.83. The van der Waals surface area contributed by atoms with Crippen LogP contribution in [0, 0.1) is 6.92 Å². The second-order valence-electron chi connectivity index (χ2n) is 3.34. The molecule has 0 aliphatic heterocycles. The van der Waals surface area contributed by atoms with Crippen molar-refractivity contribution in [1.82, 2.24) is 30.0 Å². The molecule has 16 heavy (non-hydrogen) atoms. The number of aromatic nitrogens is 6. The summed E-state index contributed by atoms with van der Waals surface area (Å²) in [7, 11) is 3.60. The van der Waals surface area contributed by atoms with Crippen LogP contribution in [0.15, 0.2) is 10.2 Å². The fourth-order valence-electron chi connectivity index (χ4n) is 1.38. The van der Waals surface area contributed by atoms with E-state index >= 15 is 0 Å².